The number of aryl methyl sites for hydroxylation is 1. The molecule has 0 bridgehead atoms. The van der Waals surface area contributed by atoms with Gasteiger partial charge in [-0.2, -0.15) is 4.68 Å². The van der Waals surface area contributed by atoms with Crippen molar-refractivity contribution in [2.45, 2.75) is 13.5 Å². The first kappa shape index (κ1) is 19.4. The van der Waals surface area contributed by atoms with Gasteiger partial charge in [-0.25, -0.2) is 4.79 Å². The van der Waals surface area contributed by atoms with Crippen molar-refractivity contribution < 1.29 is 4.79 Å². The van der Waals surface area contributed by atoms with Crippen LogP contribution in [0.2, 0.25) is 5.02 Å². The van der Waals surface area contributed by atoms with Gasteiger partial charge in [0.05, 0.1) is 12.2 Å². The summed E-state index contributed by atoms with van der Waals surface area (Å²) in [6.45, 7) is 5.46. The molecule has 1 aliphatic heterocycles. The molecule has 1 aliphatic rings. The van der Waals surface area contributed by atoms with Gasteiger partial charge in [0.1, 0.15) is 0 Å². The monoisotopic (exact) mass is 411 g/mol. The lowest BCUT2D eigenvalue weighted by Crippen LogP contribution is -2.49. The second-order valence-corrected chi connectivity index (χ2v) is 7.48. The zero-order chi connectivity index (χ0) is 20.2. The number of nitrogens with one attached hydrogen (secondary N) is 1. The third-order valence-electron chi connectivity index (χ3n) is 4.93. The number of carbonyl (C=O) groups is 1. The molecule has 0 aliphatic carbocycles. The normalized spacial score (nSPS) is 14.8. The first-order chi connectivity index (χ1) is 14.1. The Labute approximate surface area is 174 Å². The van der Waals surface area contributed by atoms with Crippen LogP contribution in [-0.2, 0) is 6.54 Å². The second kappa shape index (κ2) is 8.59. The first-order valence-electron chi connectivity index (χ1n) is 9.46. The number of amides is 2. The number of piperazine rings is 1. The Morgan fingerprint density at radius 2 is 1.72 bits per heavy atom. The maximum atomic E-state index is 12.5. The molecule has 0 saturated carbocycles. The Morgan fingerprint density at radius 1 is 1.03 bits per heavy atom. The van der Waals surface area contributed by atoms with Crippen molar-refractivity contribution in [2.24, 2.45) is 0 Å². The fraction of sp³-hybridized carbons (Fsp3) is 0.300. The molecule has 3 aromatic rings. The van der Waals surface area contributed by atoms with Crippen LogP contribution in [0.1, 0.15) is 11.4 Å². The lowest BCUT2D eigenvalue weighted by molar-refractivity contribution is 0.140. The summed E-state index contributed by atoms with van der Waals surface area (Å²) < 4.78 is 1.72. The average molecular weight is 412 g/mol. The maximum absolute atomic E-state index is 12.5. The summed E-state index contributed by atoms with van der Waals surface area (Å²) in [6.07, 6.45) is 0. The summed E-state index contributed by atoms with van der Waals surface area (Å²) in [5, 5.41) is 15.7. The fourth-order valence-corrected chi connectivity index (χ4v) is 3.36. The molecule has 2 heterocycles. The molecule has 2 amide bonds. The summed E-state index contributed by atoms with van der Waals surface area (Å²) >= 11 is 5.96. The van der Waals surface area contributed by atoms with Crippen molar-refractivity contribution in [3.8, 4) is 5.69 Å². The van der Waals surface area contributed by atoms with Gasteiger partial charge in [-0.3, -0.25) is 4.90 Å². The lowest BCUT2D eigenvalue weighted by atomic mass is 10.2. The van der Waals surface area contributed by atoms with E-state index >= 15 is 0 Å². The maximum Gasteiger partial charge on any atom is 0.321 e. The third-order valence-corrected chi connectivity index (χ3v) is 5.18. The number of urea groups is 1. The summed E-state index contributed by atoms with van der Waals surface area (Å²) in [5.41, 5.74) is 2.84. The summed E-state index contributed by atoms with van der Waals surface area (Å²) in [5.74, 6) is 0.755. The predicted octanol–water partition coefficient (Wildman–Crippen LogP) is 2.97. The molecule has 0 spiro atoms. The number of carbonyl (C=O) groups excluding carboxylic acids is 1. The highest BCUT2D eigenvalue weighted by atomic mass is 35.5. The molecule has 2 aromatic carbocycles. The molecule has 8 nitrogen and oxygen atoms in total. The molecule has 0 unspecified atom stereocenters. The van der Waals surface area contributed by atoms with Crippen molar-refractivity contribution >= 4 is 23.3 Å². The molecule has 150 valence electrons. The van der Waals surface area contributed by atoms with Crippen LogP contribution in [0, 0.1) is 6.92 Å². The minimum absolute atomic E-state index is 0.0699. The Balaban J connectivity index is 1.32. The molecular formula is C20H22ClN7O. The van der Waals surface area contributed by atoms with Crippen LogP contribution in [0.25, 0.3) is 5.69 Å². The van der Waals surface area contributed by atoms with Crippen LogP contribution in [0.15, 0.2) is 48.5 Å². The Hall–Kier alpha value is -2.97. The van der Waals surface area contributed by atoms with Gasteiger partial charge in [-0.15, -0.1) is 5.10 Å². The van der Waals surface area contributed by atoms with Crippen LogP contribution >= 0.6 is 11.6 Å². The predicted molar refractivity (Wildman–Crippen MR) is 111 cm³/mol. The quantitative estimate of drug-likeness (QED) is 0.714. The molecule has 1 aromatic heterocycles. The highest BCUT2D eigenvalue weighted by molar-refractivity contribution is 6.30. The summed E-state index contributed by atoms with van der Waals surface area (Å²) in [7, 11) is 0. The van der Waals surface area contributed by atoms with Gasteiger partial charge in [0.15, 0.2) is 5.82 Å². The van der Waals surface area contributed by atoms with E-state index in [2.05, 4.69) is 25.7 Å². The SMILES string of the molecule is Cc1ccc(NC(=O)N2CCN(Cc3nnnn3-c3ccc(Cl)cc3)CC2)cc1. The highest BCUT2D eigenvalue weighted by Crippen LogP contribution is 2.15. The molecule has 1 fully saturated rings. The van der Waals surface area contributed by atoms with Crippen molar-refractivity contribution in [1.29, 1.82) is 0 Å². The number of halogens is 1. The number of rotatable bonds is 4. The Morgan fingerprint density at radius 3 is 2.41 bits per heavy atom. The second-order valence-electron chi connectivity index (χ2n) is 7.04. The number of nitrogens with zero attached hydrogens (tertiary/aromatic N) is 6. The number of anilines is 1. The zero-order valence-corrected chi connectivity index (χ0v) is 16.9. The van der Waals surface area contributed by atoms with Crippen molar-refractivity contribution in [3.05, 3.63) is 64.9 Å². The Kier molecular flexibility index (Phi) is 5.73. The van der Waals surface area contributed by atoms with E-state index in [4.69, 9.17) is 11.6 Å². The highest BCUT2D eigenvalue weighted by Gasteiger charge is 2.23. The molecule has 0 radical (unpaired) electrons. The van der Waals surface area contributed by atoms with Gasteiger partial charge in [0, 0.05) is 36.9 Å². The third kappa shape index (κ3) is 4.72. The van der Waals surface area contributed by atoms with Gasteiger partial charge < -0.3 is 10.2 Å². The van der Waals surface area contributed by atoms with E-state index in [1.165, 1.54) is 0 Å². The van der Waals surface area contributed by atoms with Crippen molar-refractivity contribution in [1.82, 2.24) is 30.0 Å². The number of hydrogen-bond acceptors (Lipinski definition) is 5. The topological polar surface area (TPSA) is 79.2 Å². The number of aromatic nitrogens is 4. The lowest BCUT2D eigenvalue weighted by Gasteiger charge is -2.34. The van der Waals surface area contributed by atoms with E-state index in [0.29, 0.717) is 24.7 Å². The van der Waals surface area contributed by atoms with Crippen LogP contribution in [0.5, 0.6) is 0 Å². The van der Waals surface area contributed by atoms with Gasteiger partial charge >= 0.3 is 6.03 Å². The largest absolute Gasteiger partial charge is 0.322 e. The van der Waals surface area contributed by atoms with E-state index < -0.39 is 0 Å². The van der Waals surface area contributed by atoms with Crippen LogP contribution in [-0.4, -0.2) is 62.2 Å². The van der Waals surface area contributed by atoms with E-state index in [0.717, 1.165) is 35.9 Å². The average Bonchev–Trinajstić information content (AvgIpc) is 3.19. The van der Waals surface area contributed by atoms with Gasteiger partial charge in [-0.1, -0.05) is 29.3 Å². The molecule has 1 saturated heterocycles. The van der Waals surface area contributed by atoms with E-state index in [-0.39, 0.29) is 6.03 Å². The van der Waals surface area contributed by atoms with Gasteiger partial charge in [0.25, 0.3) is 0 Å². The minimum atomic E-state index is -0.0699. The van der Waals surface area contributed by atoms with Gasteiger partial charge in [-0.05, 0) is 53.7 Å². The number of benzene rings is 2. The summed E-state index contributed by atoms with van der Waals surface area (Å²) in [6, 6.07) is 15.1. The van der Waals surface area contributed by atoms with Crippen LogP contribution in [0.4, 0.5) is 10.5 Å². The molecule has 29 heavy (non-hydrogen) atoms. The van der Waals surface area contributed by atoms with Crippen molar-refractivity contribution in [2.75, 3.05) is 31.5 Å². The molecule has 1 N–H and O–H groups in total. The fourth-order valence-electron chi connectivity index (χ4n) is 3.24. The molecular weight excluding hydrogens is 390 g/mol. The first-order valence-corrected chi connectivity index (χ1v) is 9.84. The smallest absolute Gasteiger partial charge is 0.321 e. The summed E-state index contributed by atoms with van der Waals surface area (Å²) in [4.78, 5) is 16.6. The van der Waals surface area contributed by atoms with E-state index in [1.807, 2.05) is 60.4 Å². The van der Waals surface area contributed by atoms with Crippen LogP contribution < -0.4 is 5.32 Å². The minimum Gasteiger partial charge on any atom is -0.322 e. The van der Waals surface area contributed by atoms with Crippen molar-refractivity contribution in [3.63, 3.8) is 0 Å². The molecule has 4 rings (SSSR count). The van der Waals surface area contributed by atoms with Crippen LogP contribution in [0.3, 0.4) is 0 Å². The molecule has 0 atom stereocenters. The van der Waals surface area contributed by atoms with E-state index in [9.17, 15) is 4.79 Å². The Bertz CT molecular complexity index is 963. The zero-order valence-electron chi connectivity index (χ0n) is 16.1. The van der Waals surface area contributed by atoms with Gasteiger partial charge in [0.2, 0.25) is 0 Å². The number of hydrogen-bond donors (Lipinski definition) is 1. The van der Waals surface area contributed by atoms with E-state index in [1.54, 1.807) is 4.68 Å². The number of tetrazole rings is 1. The molecule has 9 heteroatoms. The standard InChI is InChI=1S/C20H22ClN7O/c1-15-2-6-17(7-3-15)22-20(29)27-12-10-26(11-13-27)14-19-23-24-25-28(19)18-8-4-16(21)5-9-18/h2-9H,10-14H2,1H3,(H,22,29).